The summed E-state index contributed by atoms with van der Waals surface area (Å²) in [5, 5.41) is 6.93. The van der Waals surface area contributed by atoms with Gasteiger partial charge in [0.2, 0.25) is 6.23 Å². The number of hydrazone groups is 1. The second-order valence-corrected chi connectivity index (χ2v) is 6.61. The summed E-state index contributed by atoms with van der Waals surface area (Å²) in [6.45, 7) is 2.57. The maximum atomic E-state index is 6.36. The van der Waals surface area contributed by atoms with E-state index < -0.39 is 6.23 Å². The van der Waals surface area contributed by atoms with Crippen molar-refractivity contribution in [2.75, 3.05) is 6.61 Å². The highest BCUT2D eigenvalue weighted by Crippen LogP contribution is 2.50. The molecule has 1 aromatic heterocycles. The van der Waals surface area contributed by atoms with Crippen LogP contribution in [-0.4, -0.2) is 17.3 Å². The second-order valence-electron chi connectivity index (χ2n) is 6.61. The predicted molar refractivity (Wildman–Crippen MR) is 102 cm³/mol. The number of para-hydroxylation sites is 1. The molecule has 5 nitrogen and oxygen atoms in total. The Labute approximate surface area is 157 Å². The highest BCUT2D eigenvalue weighted by molar-refractivity contribution is 6.01. The molecule has 3 heterocycles. The van der Waals surface area contributed by atoms with Crippen LogP contribution in [0.25, 0.3) is 0 Å². The smallest absolute Gasteiger partial charge is 0.246 e. The Bertz CT molecular complexity index is 966. The SMILES string of the molecule is CCOc1cccc2c1O[C@@H](c1ccco1)N1N=C(c3ccccc3)C[C@@H]21. The van der Waals surface area contributed by atoms with E-state index >= 15 is 0 Å². The zero-order chi connectivity index (χ0) is 18.2. The van der Waals surface area contributed by atoms with Crippen LogP contribution in [0.15, 0.2) is 76.4 Å². The van der Waals surface area contributed by atoms with Crippen molar-refractivity contribution < 1.29 is 13.9 Å². The van der Waals surface area contributed by atoms with Crippen LogP contribution in [0.1, 0.15) is 42.5 Å². The summed E-state index contributed by atoms with van der Waals surface area (Å²) < 4.78 is 17.8. The Balaban J connectivity index is 1.61. The van der Waals surface area contributed by atoms with Crippen LogP contribution in [0.2, 0.25) is 0 Å². The minimum absolute atomic E-state index is 0.0828. The van der Waals surface area contributed by atoms with Gasteiger partial charge in [0, 0.05) is 12.0 Å². The molecule has 0 bridgehead atoms. The van der Waals surface area contributed by atoms with Crippen LogP contribution in [0.5, 0.6) is 11.5 Å². The van der Waals surface area contributed by atoms with Crippen LogP contribution in [0.4, 0.5) is 0 Å². The Morgan fingerprint density at radius 2 is 1.96 bits per heavy atom. The second kappa shape index (κ2) is 6.50. The molecule has 0 saturated carbocycles. The van der Waals surface area contributed by atoms with Crippen molar-refractivity contribution in [2.24, 2.45) is 5.10 Å². The van der Waals surface area contributed by atoms with Gasteiger partial charge in [-0.15, -0.1) is 0 Å². The lowest BCUT2D eigenvalue weighted by Crippen LogP contribution is -2.33. The topological polar surface area (TPSA) is 47.2 Å². The first-order valence-electron chi connectivity index (χ1n) is 9.22. The van der Waals surface area contributed by atoms with E-state index in [1.54, 1.807) is 6.26 Å². The fourth-order valence-electron chi connectivity index (χ4n) is 3.78. The van der Waals surface area contributed by atoms with Crippen molar-refractivity contribution in [3.8, 4) is 11.5 Å². The van der Waals surface area contributed by atoms with Crippen molar-refractivity contribution in [3.05, 3.63) is 83.8 Å². The normalized spacial score (nSPS) is 20.5. The molecule has 2 aliphatic heterocycles. The molecule has 2 aliphatic rings. The van der Waals surface area contributed by atoms with Gasteiger partial charge in [-0.2, -0.15) is 5.10 Å². The van der Waals surface area contributed by atoms with Crippen molar-refractivity contribution in [1.29, 1.82) is 0 Å². The summed E-state index contributed by atoms with van der Waals surface area (Å²) >= 11 is 0. The van der Waals surface area contributed by atoms with Crippen LogP contribution in [0, 0.1) is 0 Å². The van der Waals surface area contributed by atoms with Gasteiger partial charge in [-0.25, -0.2) is 5.01 Å². The van der Waals surface area contributed by atoms with Gasteiger partial charge in [0.05, 0.1) is 24.6 Å². The number of benzene rings is 2. The summed E-state index contributed by atoms with van der Waals surface area (Å²) in [6, 6.07) is 20.2. The van der Waals surface area contributed by atoms with E-state index in [0.29, 0.717) is 6.61 Å². The van der Waals surface area contributed by atoms with E-state index in [0.717, 1.165) is 40.5 Å². The number of ether oxygens (including phenoxy) is 2. The summed E-state index contributed by atoms with van der Waals surface area (Å²) in [7, 11) is 0. The number of hydrogen-bond donors (Lipinski definition) is 0. The summed E-state index contributed by atoms with van der Waals surface area (Å²) in [4.78, 5) is 0. The molecular weight excluding hydrogens is 340 g/mol. The fourth-order valence-corrected chi connectivity index (χ4v) is 3.78. The summed E-state index contributed by atoms with van der Waals surface area (Å²) in [5.74, 6) is 2.28. The maximum absolute atomic E-state index is 6.36. The molecule has 5 rings (SSSR count). The van der Waals surface area contributed by atoms with Gasteiger partial charge in [-0.3, -0.25) is 0 Å². The molecule has 0 saturated heterocycles. The number of hydrogen-bond acceptors (Lipinski definition) is 5. The van der Waals surface area contributed by atoms with Gasteiger partial charge in [-0.05, 0) is 30.7 Å². The number of rotatable bonds is 4. The number of furan rings is 1. The Hall–Kier alpha value is -3.21. The third-order valence-corrected chi connectivity index (χ3v) is 4.97. The first-order valence-corrected chi connectivity index (χ1v) is 9.22. The molecule has 0 fully saturated rings. The first-order chi connectivity index (χ1) is 13.3. The van der Waals surface area contributed by atoms with E-state index in [1.807, 2.05) is 54.4 Å². The monoisotopic (exact) mass is 360 g/mol. The molecule has 3 aromatic rings. The van der Waals surface area contributed by atoms with Gasteiger partial charge in [0.25, 0.3) is 0 Å². The van der Waals surface area contributed by atoms with Crippen LogP contribution >= 0.6 is 0 Å². The zero-order valence-corrected chi connectivity index (χ0v) is 15.0. The highest BCUT2D eigenvalue weighted by atomic mass is 16.5. The molecule has 0 aliphatic carbocycles. The van der Waals surface area contributed by atoms with E-state index in [9.17, 15) is 0 Å². The average molecular weight is 360 g/mol. The minimum Gasteiger partial charge on any atom is -0.490 e. The fraction of sp³-hybridized carbons (Fsp3) is 0.227. The van der Waals surface area contributed by atoms with E-state index in [1.165, 1.54) is 0 Å². The Kier molecular flexibility index (Phi) is 3.85. The molecule has 0 amide bonds. The summed E-state index contributed by atoms with van der Waals surface area (Å²) in [5.41, 5.74) is 3.28. The maximum Gasteiger partial charge on any atom is 0.246 e. The lowest BCUT2D eigenvalue weighted by Gasteiger charge is -2.37. The molecule has 136 valence electrons. The predicted octanol–water partition coefficient (Wildman–Crippen LogP) is 4.92. The van der Waals surface area contributed by atoms with E-state index in [4.69, 9.17) is 19.0 Å². The minimum atomic E-state index is -0.416. The molecule has 5 heteroatoms. The van der Waals surface area contributed by atoms with Crippen molar-refractivity contribution >= 4 is 5.71 Å². The van der Waals surface area contributed by atoms with Crippen LogP contribution < -0.4 is 9.47 Å². The van der Waals surface area contributed by atoms with Gasteiger partial charge in [0.15, 0.2) is 17.3 Å². The van der Waals surface area contributed by atoms with Crippen molar-refractivity contribution in [3.63, 3.8) is 0 Å². The van der Waals surface area contributed by atoms with Gasteiger partial charge in [0.1, 0.15) is 0 Å². The molecule has 0 radical (unpaired) electrons. The van der Waals surface area contributed by atoms with Gasteiger partial charge in [-0.1, -0.05) is 42.5 Å². The molecule has 0 N–H and O–H groups in total. The average Bonchev–Trinajstić information content (AvgIpc) is 3.39. The van der Waals surface area contributed by atoms with Gasteiger partial charge >= 0.3 is 0 Å². The molecule has 2 aromatic carbocycles. The standard InChI is InChI=1S/C22H20N2O3/c1-2-25-19-11-6-10-16-18-14-17(15-8-4-3-5-9-15)23-24(18)22(27-21(16)19)20-12-7-13-26-20/h3-13,18,22H,2,14H2,1H3/t18-,22-/m0/s1. The number of nitrogens with zero attached hydrogens (tertiary/aromatic N) is 2. The largest absolute Gasteiger partial charge is 0.490 e. The number of fused-ring (bicyclic) bond motifs is 3. The van der Waals surface area contributed by atoms with Crippen molar-refractivity contribution in [1.82, 2.24) is 5.01 Å². The Morgan fingerprint density at radius 1 is 1.07 bits per heavy atom. The van der Waals surface area contributed by atoms with Crippen LogP contribution in [0.3, 0.4) is 0 Å². The van der Waals surface area contributed by atoms with E-state index in [2.05, 4.69) is 18.2 Å². The van der Waals surface area contributed by atoms with Crippen molar-refractivity contribution in [2.45, 2.75) is 25.6 Å². The summed E-state index contributed by atoms with van der Waals surface area (Å²) in [6.07, 6.45) is 2.06. The Morgan fingerprint density at radius 3 is 2.74 bits per heavy atom. The molecular formula is C22H20N2O3. The third-order valence-electron chi connectivity index (χ3n) is 4.97. The first kappa shape index (κ1) is 16.0. The highest BCUT2D eigenvalue weighted by Gasteiger charge is 2.43. The quantitative estimate of drug-likeness (QED) is 0.662. The lowest BCUT2D eigenvalue weighted by molar-refractivity contribution is -0.0344. The molecule has 2 atom stereocenters. The molecule has 27 heavy (non-hydrogen) atoms. The van der Waals surface area contributed by atoms with Gasteiger partial charge < -0.3 is 13.9 Å². The third kappa shape index (κ3) is 2.67. The van der Waals surface area contributed by atoms with E-state index in [-0.39, 0.29) is 6.04 Å². The molecule has 0 unspecified atom stereocenters. The van der Waals surface area contributed by atoms with Crippen LogP contribution in [-0.2, 0) is 0 Å². The zero-order valence-electron chi connectivity index (χ0n) is 15.0. The lowest BCUT2D eigenvalue weighted by atomic mass is 9.96. The molecule has 0 spiro atoms.